The van der Waals surface area contributed by atoms with Crippen LogP contribution in [0.5, 0.6) is 11.5 Å². The van der Waals surface area contributed by atoms with Crippen molar-refractivity contribution < 1.29 is 28.9 Å². The molecule has 1 aromatic rings. The fraction of sp³-hybridized carbons (Fsp3) is 0.429. The molecule has 1 rings (SSSR count). The van der Waals surface area contributed by atoms with Crippen molar-refractivity contribution in [2.24, 2.45) is 0 Å². The third-order valence-electron chi connectivity index (χ3n) is 2.73. The van der Waals surface area contributed by atoms with Gasteiger partial charge in [-0.05, 0) is 25.0 Å². The SMILES string of the molecule is CCOC(=O)CCc1cc(OC)cc(OC)c1C(=O)O. The summed E-state index contributed by atoms with van der Waals surface area (Å²) in [5, 5.41) is 9.27. The highest BCUT2D eigenvalue weighted by Crippen LogP contribution is 2.29. The molecule has 110 valence electrons. The molecule has 0 amide bonds. The number of aromatic carboxylic acids is 1. The van der Waals surface area contributed by atoms with Gasteiger partial charge in [-0.3, -0.25) is 4.79 Å². The summed E-state index contributed by atoms with van der Waals surface area (Å²) in [6, 6.07) is 3.09. The number of carboxylic acid groups (broad SMARTS) is 1. The number of carbonyl (C=O) groups excluding carboxylic acids is 1. The van der Waals surface area contributed by atoms with Gasteiger partial charge in [-0.1, -0.05) is 0 Å². The Balaban J connectivity index is 3.08. The monoisotopic (exact) mass is 282 g/mol. The molecule has 0 fully saturated rings. The fourth-order valence-corrected chi connectivity index (χ4v) is 1.83. The molecule has 0 bridgehead atoms. The van der Waals surface area contributed by atoms with E-state index in [9.17, 15) is 14.7 Å². The van der Waals surface area contributed by atoms with Crippen LogP contribution in [0, 0.1) is 0 Å². The molecule has 6 heteroatoms. The van der Waals surface area contributed by atoms with Crippen molar-refractivity contribution in [1.29, 1.82) is 0 Å². The van der Waals surface area contributed by atoms with Gasteiger partial charge in [0.1, 0.15) is 17.1 Å². The lowest BCUT2D eigenvalue weighted by atomic mass is 10.0. The highest BCUT2D eigenvalue weighted by atomic mass is 16.5. The second kappa shape index (κ2) is 7.37. The molecule has 0 atom stereocenters. The van der Waals surface area contributed by atoms with Crippen LogP contribution in [0.25, 0.3) is 0 Å². The van der Waals surface area contributed by atoms with E-state index >= 15 is 0 Å². The molecule has 0 saturated carbocycles. The van der Waals surface area contributed by atoms with E-state index in [1.165, 1.54) is 20.3 Å². The van der Waals surface area contributed by atoms with Gasteiger partial charge in [-0.2, -0.15) is 0 Å². The van der Waals surface area contributed by atoms with Gasteiger partial charge >= 0.3 is 11.9 Å². The molecule has 0 unspecified atom stereocenters. The van der Waals surface area contributed by atoms with Gasteiger partial charge in [0, 0.05) is 12.5 Å². The zero-order valence-electron chi connectivity index (χ0n) is 11.8. The summed E-state index contributed by atoms with van der Waals surface area (Å²) in [4.78, 5) is 22.7. The molecule has 0 aliphatic carbocycles. The summed E-state index contributed by atoms with van der Waals surface area (Å²) in [6.45, 7) is 2.02. The van der Waals surface area contributed by atoms with Crippen LogP contribution in [0.2, 0.25) is 0 Å². The summed E-state index contributed by atoms with van der Waals surface area (Å²) in [6.07, 6.45) is 0.346. The lowest BCUT2D eigenvalue weighted by molar-refractivity contribution is -0.143. The highest BCUT2D eigenvalue weighted by Gasteiger charge is 2.19. The maximum Gasteiger partial charge on any atom is 0.339 e. The van der Waals surface area contributed by atoms with E-state index in [-0.39, 0.29) is 30.1 Å². The minimum Gasteiger partial charge on any atom is -0.497 e. The van der Waals surface area contributed by atoms with Gasteiger partial charge in [0.15, 0.2) is 0 Å². The number of methoxy groups -OCH3 is 2. The average Bonchev–Trinajstić information content (AvgIpc) is 2.43. The minimum absolute atomic E-state index is 0.0394. The lowest BCUT2D eigenvalue weighted by Crippen LogP contribution is -2.10. The second-order valence-electron chi connectivity index (χ2n) is 3.97. The molecular weight excluding hydrogens is 264 g/mol. The van der Waals surface area contributed by atoms with E-state index in [1.807, 2.05) is 0 Å². The Morgan fingerprint density at radius 3 is 2.40 bits per heavy atom. The molecule has 6 nitrogen and oxygen atoms in total. The third-order valence-corrected chi connectivity index (χ3v) is 2.73. The summed E-state index contributed by atoms with van der Waals surface area (Å²) in [5.74, 6) is -0.796. The minimum atomic E-state index is -1.11. The van der Waals surface area contributed by atoms with Gasteiger partial charge < -0.3 is 19.3 Å². The van der Waals surface area contributed by atoms with E-state index in [2.05, 4.69) is 0 Å². The van der Waals surface area contributed by atoms with Crippen LogP contribution in [0.15, 0.2) is 12.1 Å². The second-order valence-corrected chi connectivity index (χ2v) is 3.97. The number of ether oxygens (including phenoxy) is 3. The number of aryl methyl sites for hydroxylation is 1. The Kier molecular flexibility index (Phi) is 5.83. The molecule has 0 heterocycles. The first-order chi connectivity index (χ1) is 9.53. The summed E-state index contributed by atoms with van der Waals surface area (Å²) in [5.41, 5.74) is 0.513. The molecule has 20 heavy (non-hydrogen) atoms. The van der Waals surface area contributed by atoms with Crippen LogP contribution in [-0.2, 0) is 16.0 Å². The number of carboxylic acids is 1. The Bertz CT molecular complexity index is 495. The largest absolute Gasteiger partial charge is 0.497 e. The first-order valence-corrected chi connectivity index (χ1v) is 6.17. The summed E-state index contributed by atoms with van der Waals surface area (Å²) < 4.78 is 15.0. The number of hydrogen-bond donors (Lipinski definition) is 1. The van der Waals surface area contributed by atoms with Crippen molar-refractivity contribution in [3.8, 4) is 11.5 Å². The van der Waals surface area contributed by atoms with Crippen molar-refractivity contribution >= 4 is 11.9 Å². The number of benzene rings is 1. The molecule has 1 N–H and O–H groups in total. The predicted octanol–water partition coefficient (Wildman–Crippen LogP) is 1.90. The maximum absolute atomic E-state index is 11.4. The van der Waals surface area contributed by atoms with Crippen LogP contribution in [0.4, 0.5) is 0 Å². The number of rotatable bonds is 7. The standard InChI is InChI=1S/C14H18O6/c1-4-20-12(15)6-5-9-7-10(18-2)8-11(19-3)13(9)14(16)17/h7-8H,4-6H2,1-3H3,(H,16,17). The number of esters is 1. The van der Waals surface area contributed by atoms with E-state index < -0.39 is 5.97 Å². The van der Waals surface area contributed by atoms with Crippen molar-refractivity contribution in [3.63, 3.8) is 0 Å². The third kappa shape index (κ3) is 3.88. The zero-order valence-corrected chi connectivity index (χ0v) is 11.8. The van der Waals surface area contributed by atoms with Crippen molar-refractivity contribution in [2.75, 3.05) is 20.8 Å². The maximum atomic E-state index is 11.4. The van der Waals surface area contributed by atoms with Crippen molar-refractivity contribution in [1.82, 2.24) is 0 Å². The van der Waals surface area contributed by atoms with Gasteiger partial charge in [-0.15, -0.1) is 0 Å². The Morgan fingerprint density at radius 1 is 1.20 bits per heavy atom. The topological polar surface area (TPSA) is 82.1 Å². The zero-order chi connectivity index (χ0) is 15.1. The fourth-order valence-electron chi connectivity index (χ4n) is 1.83. The molecule has 1 aromatic carbocycles. The molecule has 0 aliphatic heterocycles. The summed E-state index contributed by atoms with van der Waals surface area (Å²) >= 11 is 0. The normalized spacial score (nSPS) is 9.95. The average molecular weight is 282 g/mol. The first-order valence-electron chi connectivity index (χ1n) is 6.17. The van der Waals surface area contributed by atoms with Gasteiger partial charge in [0.2, 0.25) is 0 Å². The van der Waals surface area contributed by atoms with Crippen molar-refractivity contribution in [2.45, 2.75) is 19.8 Å². The van der Waals surface area contributed by atoms with E-state index in [4.69, 9.17) is 14.2 Å². The van der Waals surface area contributed by atoms with Gasteiger partial charge in [0.25, 0.3) is 0 Å². The van der Waals surface area contributed by atoms with Gasteiger partial charge in [-0.25, -0.2) is 4.79 Å². The number of hydrogen-bond acceptors (Lipinski definition) is 5. The smallest absolute Gasteiger partial charge is 0.339 e. The van der Waals surface area contributed by atoms with Crippen LogP contribution in [0.1, 0.15) is 29.3 Å². The predicted molar refractivity (Wildman–Crippen MR) is 71.5 cm³/mol. The van der Waals surface area contributed by atoms with Crippen LogP contribution in [-0.4, -0.2) is 37.9 Å². The highest BCUT2D eigenvalue weighted by molar-refractivity contribution is 5.93. The molecule has 0 aliphatic rings. The van der Waals surface area contributed by atoms with Crippen LogP contribution in [0.3, 0.4) is 0 Å². The molecular formula is C14H18O6. The first kappa shape index (κ1) is 15.8. The van der Waals surface area contributed by atoms with Crippen LogP contribution >= 0.6 is 0 Å². The van der Waals surface area contributed by atoms with Crippen LogP contribution < -0.4 is 9.47 Å². The Labute approximate surface area is 117 Å². The molecule has 0 radical (unpaired) electrons. The van der Waals surface area contributed by atoms with Gasteiger partial charge in [0.05, 0.1) is 20.8 Å². The number of carbonyl (C=O) groups is 2. The Morgan fingerprint density at radius 2 is 1.90 bits per heavy atom. The van der Waals surface area contributed by atoms with E-state index in [0.29, 0.717) is 17.9 Å². The van der Waals surface area contributed by atoms with Crippen molar-refractivity contribution in [3.05, 3.63) is 23.3 Å². The van der Waals surface area contributed by atoms with E-state index in [1.54, 1.807) is 13.0 Å². The molecule has 0 saturated heterocycles. The quantitative estimate of drug-likeness (QED) is 0.769. The molecule has 0 spiro atoms. The molecule has 0 aromatic heterocycles. The Hall–Kier alpha value is -2.24. The lowest BCUT2D eigenvalue weighted by Gasteiger charge is -2.13. The summed E-state index contributed by atoms with van der Waals surface area (Å²) in [7, 11) is 2.86. The van der Waals surface area contributed by atoms with E-state index in [0.717, 1.165) is 0 Å².